The molecule has 0 aliphatic rings. The van der Waals surface area contributed by atoms with Crippen molar-refractivity contribution < 1.29 is 9.59 Å². The van der Waals surface area contributed by atoms with Gasteiger partial charge in [-0.2, -0.15) is 0 Å². The summed E-state index contributed by atoms with van der Waals surface area (Å²) >= 11 is 0. The lowest BCUT2D eigenvalue weighted by Crippen LogP contribution is -2.27. The Morgan fingerprint density at radius 1 is 0.889 bits per heavy atom. The van der Waals surface area contributed by atoms with Crippen LogP contribution in [0.3, 0.4) is 0 Å². The minimum absolute atomic E-state index is 0.143. The topological polar surface area (TPSA) is 58.2 Å². The van der Waals surface area contributed by atoms with Crippen LogP contribution in [0.25, 0.3) is 0 Å². The Bertz CT molecular complexity index is 339. The molecule has 0 saturated heterocycles. The second-order valence-corrected chi connectivity index (χ2v) is 4.60. The van der Waals surface area contributed by atoms with Gasteiger partial charge in [0.05, 0.1) is 0 Å². The van der Waals surface area contributed by atoms with Crippen LogP contribution in [0.2, 0.25) is 0 Å². The quantitative estimate of drug-likeness (QED) is 0.675. The zero-order chi connectivity index (χ0) is 13.4. The first-order valence-electron chi connectivity index (χ1n) is 6.13. The van der Waals surface area contributed by atoms with Crippen molar-refractivity contribution in [3.8, 4) is 0 Å². The molecule has 1 aromatic rings. The second-order valence-electron chi connectivity index (χ2n) is 4.60. The van der Waals surface area contributed by atoms with Crippen LogP contribution < -0.4 is 10.6 Å². The molecule has 0 heterocycles. The van der Waals surface area contributed by atoms with Gasteiger partial charge < -0.3 is 10.6 Å². The van der Waals surface area contributed by atoms with Gasteiger partial charge in [0.1, 0.15) is 0 Å². The zero-order valence-electron chi connectivity index (χ0n) is 10.8. The molecule has 0 aliphatic carbocycles. The van der Waals surface area contributed by atoms with E-state index in [4.69, 9.17) is 0 Å². The van der Waals surface area contributed by atoms with Crippen LogP contribution in [0.5, 0.6) is 0 Å². The first-order valence-corrected chi connectivity index (χ1v) is 6.13. The fraction of sp³-hybridized carbons (Fsp3) is 0.429. The molecule has 1 rings (SSSR count). The normalized spacial score (nSPS) is 13.4. The SMILES string of the molecule is CC(Cc1ccc(CC(C)NC=O)cc1)NC=O. The lowest BCUT2D eigenvalue weighted by Gasteiger charge is -2.12. The summed E-state index contributed by atoms with van der Waals surface area (Å²) in [6.07, 6.45) is 3.10. The van der Waals surface area contributed by atoms with Gasteiger partial charge in [-0.15, -0.1) is 0 Å². The maximum atomic E-state index is 10.3. The average molecular weight is 248 g/mol. The molecule has 4 heteroatoms. The van der Waals surface area contributed by atoms with Gasteiger partial charge in [-0.05, 0) is 37.8 Å². The molecule has 0 aliphatic heterocycles. The fourth-order valence-electron chi connectivity index (χ4n) is 1.87. The standard InChI is InChI=1S/C14H20N2O2/c1-11(15-9-17)7-13-3-5-14(6-4-13)8-12(2)16-10-18/h3-6,9-12H,7-8H2,1-2H3,(H,15,17)(H,16,18). The van der Waals surface area contributed by atoms with Crippen LogP contribution >= 0.6 is 0 Å². The predicted octanol–water partition coefficient (Wildman–Crippen LogP) is 1.04. The molecule has 0 fully saturated rings. The van der Waals surface area contributed by atoms with Crippen LogP contribution in [0, 0.1) is 0 Å². The molecule has 2 unspecified atom stereocenters. The van der Waals surface area contributed by atoms with E-state index in [1.807, 2.05) is 13.8 Å². The van der Waals surface area contributed by atoms with Crippen molar-refractivity contribution in [3.63, 3.8) is 0 Å². The van der Waals surface area contributed by atoms with Crippen molar-refractivity contribution in [2.45, 2.75) is 38.8 Å². The Morgan fingerprint density at radius 2 is 1.22 bits per heavy atom. The second kappa shape index (κ2) is 7.48. The predicted molar refractivity (Wildman–Crippen MR) is 71.2 cm³/mol. The molecular weight excluding hydrogens is 228 g/mol. The number of benzene rings is 1. The summed E-state index contributed by atoms with van der Waals surface area (Å²) in [5.74, 6) is 0. The summed E-state index contributed by atoms with van der Waals surface area (Å²) in [5.41, 5.74) is 2.38. The van der Waals surface area contributed by atoms with E-state index in [1.165, 1.54) is 11.1 Å². The number of nitrogens with one attached hydrogen (secondary N) is 2. The Labute approximate surface area is 108 Å². The van der Waals surface area contributed by atoms with Gasteiger partial charge in [-0.25, -0.2) is 0 Å². The number of rotatable bonds is 8. The van der Waals surface area contributed by atoms with E-state index in [0.29, 0.717) is 0 Å². The number of amides is 2. The van der Waals surface area contributed by atoms with E-state index < -0.39 is 0 Å². The Balaban J connectivity index is 2.51. The molecule has 4 nitrogen and oxygen atoms in total. The highest BCUT2D eigenvalue weighted by molar-refractivity contribution is 5.47. The van der Waals surface area contributed by atoms with E-state index in [-0.39, 0.29) is 12.1 Å². The van der Waals surface area contributed by atoms with Crippen molar-refractivity contribution in [1.82, 2.24) is 10.6 Å². The molecular formula is C14H20N2O2. The number of hydrogen-bond acceptors (Lipinski definition) is 2. The zero-order valence-corrected chi connectivity index (χ0v) is 10.8. The summed E-state index contributed by atoms with van der Waals surface area (Å²) in [6.45, 7) is 3.94. The van der Waals surface area contributed by atoms with Crippen molar-refractivity contribution in [3.05, 3.63) is 35.4 Å². The maximum Gasteiger partial charge on any atom is 0.207 e. The first kappa shape index (κ1) is 14.2. The van der Waals surface area contributed by atoms with Crippen LogP contribution in [0.15, 0.2) is 24.3 Å². The van der Waals surface area contributed by atoms with Crippen LogP contribution in [-0.4, -0.2) is 24.9 Å². The third kappa shape index (κ3) is 4.99. The fourth-order valence-corrected chi connectivity index (χ4v) is 1.87. The van der Waals surface area contributed by atoms with Crippen molar-refractivity contribution >= 4 is 12.8 Å². The summed E-state index contributed by atoms with van der Waals surface area (Å²) in [7, 11) is 0. The Hall–Kier alpha value is -1.84. The highest BCUT2D eigenvalue weighted by Crippen LogP contribution is 2.08. The highest BCUT2D eigenvalue weighted by atomic mass is 16.1. The molecule has 0 saturated carbocycles. The van der Waals surface area contributed by atoms with Gasteiger partial charge in [0.15, 0.2) is 0 Å². The van der Waals surface area contributed by atoms with Crippen molar-refractivity contribution in [1.29, 1.82) is 0 Å². The molecule has 1 aromatic carbocycles. The summed E-state index contributed by atoms with van der Waals surface area (Å²) in [6, 6.07) is 8.53. The largest absolute Gasteiger partial charge is 0.356 e. The van der Waals surface area contributed by atoms with Gasteiger partial charge in [0.2, 0.25) is 12.8 Å². The minimum Gasteiger partial charge on any atom is -0.356 e. The van der Waals surface area contributed by atoms with Gasteiger partial charge in [0.25, 0.3) is 0 Å². The lowest BCUT2D eigenvalue weighted by molar-refractivity contribution is -0.110. The van der Waals surface area contributed by atoms with E-state index in [2.05, 4.69) is 34.9 Å². The van der Waals surface area contributed by atoms with Crippen LogP contribution in [0.4, 0.5) is 0 Å². The molecule has 0 radical (unpaired) electrons. The van der Waals surface area contributed by atoms with E-state index in [9.17, 15) is 9.59 Å². The van der Waals surface area contributed by atoms with Crippen LogP contribution in [0.1, 0.15) is 25.0 Å². The minimum atomic E-state index is 0.143. The van der Waals surface area contributed by atoms with E-state index in [1.54, 1.807) is 0 Å². The summed E-state index contributed by atoms with van der Waals surface area (Å²) in [4.78, 5) is 20.6. The Morgan fingerprint density at radius 3 is 1.50 bits per heavy atom. The molecule has 0 spiro atoms. The first-order chi connectivity index (χ1) is 8.65. The molecule has 2 amide bonds. The number of carbonyl (C=O) groups excluding carboxylic acids is 2. The van der Waals surface area contributed by atoms with Crippen LogP contribution in [-0.2, 0) is 22.4 Å². The third-order valence-electron chi connectivity index (χ3n) is 2.81. The lowest BCUT2D eigenvalue weighted by atomic mass is 10.0. The van der Waals surface area contributed by atoms with Gasteiger partial charge in [-0.1, -0.05) is 24.3 Å². The number of hydrogen-bond donors (Lipinski definition) is 2. The summed E-state index contributed by atoms with van der Waals surface area (Å²) < 4.78 is 0. The van der Waals surface area contributed by atoms with E-state index >= 15 is 0 Å². The molecule has 98 valence electrons. The third-order valence-corrected chi connectivity index (χ3v) is 2.81. The summed E-state index contributed by atoms with van der Waals surface area (Å²) in [5, 5.41) is 5.46. The molecule has 2 N–H and O–H groups in total. The maximum absolute atomic E-state index is 10.3. The number of carbonyl (C=O) groups is 2. The van der Waals surface area contributed by atoms with Crippen molar-refractivity contribution in [2.24, 2.45) is 0 Å². The van der Waals surface area contributed by atoms with E-state index in [0.717, 1.165) is 25.7 Å². The highest BCUT2D eigenvalue weighted by Gasteiger charge is 2.04. The smallest absolute Gasteiger partial charge is 0.207 e. The Kier molecular flexibility index (Phi) is 5.91. The van der Waals surface area contributed by atoms with Gasteiger partial charge >= 0.3 is 0 Å². The average Bonchev–Trinajstić information content (AvgIpc) is 2.32. The van der Waals surface area contributed by atoms with Gasteiger partial charge in [-0.3, -0.25) is 9.59 Å². The molecule has 18 heavy (non-hydrogen) atoms. The molecule has 2 atom stereocenters. The monoisotopic (exact) mass is 248 g/mol. The molecule has 0 bridgehead atoms. The van der Waals surface area contributed by atoms with Gasteiger partial charge in [0, 0.05) is 12.1 Å². The van der Waals surface area contributed by atoms with Crippen molar-refractivity contribution in [2.75, 3.05) is 0 Å². The molecule has 0 aromatic heterocycles.